The number of benzene rings is 10. The molecule has 0 bridgehead atoms. The van der Waals surface area contributed by atoms with Crippen molar-refractivity contribution in [1.82, 2.24) is 9.97 Å². The number of hydrogen-bond donors (Lipinski definition) is 1. The molecule has 2 heterocycles. The Bertz CT molecular complexity index is 3410. The van der Waals surface area contributed by atoms with Crippen molar-refractivity contribution in [3.63, 3.8) is 0 Å². The minimum atomic E-state index is 0.647. The molecule has 0 fully saturated rings. The van der Waals surface area contributed by atoms with Gasteiger partial charge in [-0.1, -0.05) is 146 Å². The van der Waals surface area contributed by atoms with E-state index in [0.717, 1.165) is 37.8 Å². The number of nitrogens with zero attached hydrogens (tertiary/aromatic N) is 3. The second-order valence-corrected chi connectivity index (χ2v) is 15.7. The van der Waals surface area contributed by atoms with Gasteiger partial charge in [0.1, 0.15) is 11.0 Å². The Balaban J connectivity index is 0.000000139. The third-order valence-corrected chi connectivity index (χ3v) is 11.9. The molecule has 0 saturated carbocycles. The van der Waals surface area contributed by atoms with Gasteiger partial charge in [0.05, 0.1) is 0 Å². The molecule has 0 aliphatic rings. The standard InChI is InChI=1S/C27H16BrNO.C27H17NO.BHNS/c28-26-21-9-3-1-7-19(21)25(20-8-2-4-10-22(20)26)17-13-15-18(16-14-17)27-29-23-11-5-6-12-24(23)30-27;1-3-9-22-20(7-1)17-21-8-2-4-10-23(21)26(22)18-13-15-19(16-14-18)27-28-24-11-5-6-12-25(24)29-27;1-2-3/h1-16H;1-17H;3H. The number of para-hydroxylation sites is 4. The van der Waals surface area contributed by atoms with Crippen LogP contribution >= 0.6 is 28.7 Å². The number of aromatic nitrogens is 2. The molecule has 10 aromatic carbocycles. The smallest absolute Gasteiger partial charge is 0.227 e. The molecule has 5 nitrogen and oxygen atoms in total. The Morgan fingerprint density at radius 1 is 0.403 bits per heavy atom. The molecular weight excluding hydrogens is 845 g/mol. The maximum Gasteiger partial charge on any atom is 0.227 e. The minimum Gasteiger partial charge on any atom is -0.436 e. The summed E-state index contributed by atoms with van der Waals surface area (Å²) in [6, 6.07) is 69.2. The summed E-state index contributed by atoms with van der Waals surface area (Å²) in [5.74, 6) is 1.30. The van der Waals surface area contributed by atoms with Crippen molar-refractivity contribution in [3.8, 4) is 45.2 Å². The SMILES string of the molecule is Brc1c2ccccc2c(-c2ccc(-c3nc4ccccc4o3)cc2)c2ccccc12.[B]=NS.c1ccc2c(-c3ccc(-c4nc5ccccc5o4)cc3)c3ccccc3cc2c1. The van der Waals surface area contributed by atoms with Gasteiger partial charge in [0.15, 0.2) is 11.2 Å². The summed E-state index contributed by atoms with van der Waals surface area (Å²) in [5, 5.41) is 9.94. The molecule has 0 unspecified atom stereocenters. The molecule has 12 rings (SSSR count). The van der Waals surface area contributed by atoms with Crippen LogP contribution in [0.3, 0.4) is 0 Å². The largest absolute Gasteiger partial charge is 0.436 e. The van der Waals surface area contributed by atoms with E-state index in [4.69, 9.17) is 8.83 Å². The molecule has 0 atom stereocenters. The summed E-state index contributed by atoms with van der Waals surface area (Å²) in [7, 11) is 4.34. The third kappa shape index (κ3) is 7.38. The molecule has 2 aromatic heterocycles. The molecule has 0 N–H and O–H groups in total. The molecular formula is C54H34BBrN3O2S. The summed E-state index contributed by atoms with van der Waals surface area (Å²) in [6.07, 6.45) is 0. The topological polar surface area (TPSA) is 64.4 Å². The van der Waals surface area contributed by atoms with E-state index < -0.39 is 0 Å². The Morgan fingerprint density at radius 3 is 1.15 bits per heavy atom. The van der Waals surface area contributed by atoms with E-state index in [1.807, 2.05) is 48.5 Å². The maximum atomic E-state index is 5.94. The monoisotopic (exact) mass is 878 g/mol. The third-order valence-electron chi connectivity index (χ3n) is 11.1. The Kier molecular flexibility index (Phi) is 10.8. The van der Waals surface area contributed by atoms with Crippen molar-refractivity contribution in [2.45, 2.75) is 0 Å². The van der Waals surface area contributed by atoms with Crippen molar-refractivity contribution in [3.05, 3.63) is 205 Å². The van der Waals surface area contributed by atoms with Crippen LogP contribution in [-0.2, 0) is 0 Å². The predicted octanol–water partition coefficient (Wildman–Crippen LogP) is 15.9. The van der Waals surface area contributed by atoms with Crippen molar-refractivity contribution >= 4 is 102 Å². The van der Waals surface area contributed by atoms with E-state index in [1.54, 1.807) is 0 Å². The van der Waals surface area contributed by atoms with Crippen molar-refractivity contribution in [2.24, 2.45) is 4.30 Å². The zero-order chi connectivity index (χ0) is 42.0. The van der Waals surface area contributed by atoms with Crippen LogP contribution in [0.15, 0.2) is 218 Å². The molecule has 0 amide bonds. The zero-order valence-corrected chi connectivity index (χ0v) is 35.6. The van der Waals surface area contributed by atoms with E-state index in [9.17, 15) is 0 Å². The summed E-state index contributed by atoms with van der Waals surface area (Å²) in [4.78, 5) is 9.24. The quantitative estimate of drug-likeness (QED) is 0.109. The first kappa shape index (κ1) is 39.0. The zero-order valence-electron chi connectivity index (χ0n) is 33.1. The van der Waals surface area contributed by atoms with Crippen LogP contribution in [0.4, 0.5) is 0 Å². The maximum absolute atomic E-state index is 5.94. The average Bonchev–Trinajstić information content (AvgIpc) is 3.97. The fourth-order valence-electron chi connectivity index (χ4n) is 8.26. The van der Waals surface area contributed by atoms with Crippen LogP contribution in [0.25, 0.3) is 110 Å². The van der Waals surface area contributed by atoms with Gasteiger partial charge in [-0.3, -0.25) is 0 Å². The van der Waals surface area contributed by atoms with E-state index in [2.05, 4.69) is 202 Å². The molecule has 0 aliphatic heterocycles. The Hall–Kier alpha value is -7.13. The van der Waals surface area contributed by atoms with Crippen LogP contribution in [0.2, 0.25) is 0 Å². The molecule has 0 aliphatic carbocycles. The molecule has 1 radical (unpaired) electrons. The second-order valence-electron chi connectivity index (χ2n) is 14.7. The number of fused-ring (bicyclic) bond motifs is 6. The van der Waals surface area contributed by atoms with Gasteiger partial charge >= 0.3 is 24.8 Å². The van der Waals surface area contributed by atoms with Gasteiger partial charge in [-0.2, -0.15) is 0 Å². The molecule has 8 heteroatoms. The van der Waals surface area contributed by atoms with Gasteiger partial charge in [0.2, 0.25) is 11.8 Å². The van der Waals surface area contributed by atoms with Crippen molar-refractivity contribution < 1.29 is 8.83 Å². The molecule has 0 spiro atoms. The van der Waals surface area contributed by atoms with Crippen molar-refractivity contribution in [2.75, 3.05) is 0 Å². The summed E-state index contributed by atoms with van der Waals surface area (Å²) >= 11 is 7.02. The first-order chi connectivity index (χ1) is 30.6. The van der Waals surface area contributed by atoms with Gasteiger partial charge in [-0.05, 0) is 136 Å². The minimum absolute atomic E-state index is 0.647. The first-order valence-corrected chi connectivity index (χ1v) is 21.2. The summed E-state index contributed by atoms with van der Waals surface area (Å²) in [6.45, 7) is 0. The van der Waals surface area contributed by atoms with Crippen LogP contribution in [0.1, 0.15) is 0 Å². The van der Waals surface area contributed by atoms with E-state index >= 15 is 0 Å². The van der Waals surface area contributed by atoms with Crippen LogP contribution in [0.5, 0.6) is 0 Å². The average molecular weight is 880 g/mol. The van der Waals surface area contributed by atoms with Crippen LogP contribution in [0, 0.1) is 0 Å². The number of thiol groups is 1. The van der Waals surface area contributed by atoms with Gasteiger partial charge < -0.3 is 8.83 Å². The fourth-order valence-corrected chi connectivity index (χ4v) is 8.95. The van der Waals surface area contributed by atoms with Gasteiger partial charge in [-0.15, -0.1) is 0 Å². The van der Waals surface area contributed by atoms with E-state index in [1.165, 1.54) is 65.3 Å². The van der Waals surface area contributed by atoms with Gasteiger partial charge in [0, 0.05) is 15.6 Å². The number of halogens is 1. The molecule has 12 aromatic rings. The predicted molar refractivity (Wildman–Crippen MR) is 265 cm³/mol. The van der Waals surface area contributed by atoms with Gasteiger partial charge in [-0.25, -0.2) is 9.97 Å². The fraction of sp³-hybridized carbons (Fsp3) is 0. The molecule has 62 heavy (non-hydrogen) atoms. The first-order valence-electron chi connectivity index (χ1n) is 20.0. The van der Waals surface area contributed by atoms with Crippen LogP contribution < -0.4 is 0 Å². The van der Waals surface area contributed by atoms with E-state index in [0.29, 0.717) is 11.8 Å². The van der Waals surface area contributed by atoms with Crippen LogP contribution in [-0.4, -0.2) is 17.6 Å². The number of oxazole rings is 2. The normalized spacial score (nSPS) is 11.1. The van der Waals surface area contributed by atoms with Crippen molar-refractivity contribution in [1.29, 1.82) is 0 Å². The Labute approximate surface area is 372 Å². The van der Waals surface area contributed by atoms with Gasteiger partial charge in [0.25, 0.3) is 0 Å². The summed E-state index contributed by atoms with van der Waals surface area (Å²) < 4.78 is 15.7. The molecule has 293 valence electrons. The summed E-state index contributed by atoms with van der Waals surface area (Å²) in [5.41, 5.74) is 10.2. The van der Waals surface area contributed by atoms with E-state index in [-0.39, 0.29) is 0 Å². The molecule has 0 saturated heterocycles. The second kappa shape index (κ2) is 17.1. The Morgan fingerprint density at radius 2 is 0.726 bits per heavy atom. The number of rotatable bonds is 4. The number of hydrogen-bond acceptors (Lipinski definition) is 6.